The Morgan fingerprint density at radius 2 is 1.97 bits per heavy atom. The van der Waals surface area contributed by atoms with Crippen LogP contribution < -0.4 is 16.8 Å². The molecule has 6 unspecified atom stereocenters. The summed E-state index contributed by atoms with van der Waals surface area (Å²) in [5, 5.41) is 2.95. The first-order chi connectivity index (χ1) is 16.8. The molecule has 35 heavy (non-hydrogen) atoms. The predicted molar refractivity (Wildman–Crippen MR) is 134 cm³/mol. The molecule has 1 amide bonds. The van der Waals surface area contributed by atoms with Crippen molar-refractivity contribution in [3.05, 3.63) is 0 Å². The highest BCUT2D eigenvalue weighted by Gasteiger charge is 2.40. The molecule has 9 nitrogen and oxygen atoms in total. The van der Waals surface area contributed by atoms with E-state index in [9.17, 15) is 9.18 Å². The molecule has 2 fully saturated rings. The van der Waals surface area contributed by atoms with E-state index in [1.54, 1.807) is 13.8 Å². The zero-order valence-corrected chi connectivity index (χ0v) is 21.1. The van der Waals surface area contributed by atoms with Crippen LogP contribution in [-0.4, -0.2) is 117 Å². The van der Waals surface area contributed by atoms with Crippen LogP contribution in [0.3, 0.4) is 0 Å². The van der Waals surface area contributed by atoms with Crippen molar-refractivity contribution in [2.75, 3.05) is 52.5 Å². The van der Waals surface area contributed by atoms with Crippen LogP contribution in [0.1, 0.15) is 33.1 Å². The topological polar surface area (TPSA) is 122 Å². The first kappa shape index (κ1) is 28.0. The summed E-state index contributed by atoms with van der Waals surface area (Å²) in [6.45, 7) is 9.79. The van der Waals surface area contributed by atoms with Crippen molar-refractivity contribution in [3.63, 3.8) is 0 Å². The molecule has 3 rings (SSSR count). The van der Waals surface area contributed by atoms with Crippen molar-refractivity contribution in [3.8, 4) is 0 Å². The molecule has 0 aromatic rings. The molecule has 2 saturated heterocycles. The van der Waals surface area contributed by atoms with Gasteiger partial charge in [-0.2, -0.15) is 0 Å². The number of hydrogen-bond donors (Lipinski definition) is 3. The number of aliphatic imine (C=N–C) groups is 2. The van der Waals surface area contributed by atoms with Crippen molar-refractivity contribution in [2.45, 2.75) is 69.7 Å². The third-order valence-corrected chi connectivity index (χ3v) is 7.42. The van der Waals surface area contributed by atoms with E-state index in [1.165, 1.54) is 12.4 Å². The number of likely N-dealkylation sites (tertiary alicyclic amines) is 1. The summed E-state index contributed by atoms with van der Waals surface area (Å²) in [5.41, 5.74) is 11.8. The zero-order valence-electron chi connectivity index (χ0n) is 21.1. The number of alkyl halides is 2. The highest BCUT2D eigenvalue weighted by molar-refractivity contribution is 5.81. The third kappa shape index (κ3) is 7.98. The summed E-state index contributed by atoms with van der Waals surface area (Å²) >= 11 is 0. The number of rotatable bonds is 10. The number of ether oxygens (including phenoxy) is 1. The fourth-order valence-corrected chi connectivity index (χ4v) is 5.28. The maximum atomic E-state index is 15.1. The quantitative estimate of drug-likeness (QED) is 0.295. The van der Waals surface area contributed by atoms with Crippen LogP contribution in [0.25, 0.3) is 0 Å². The van der Waals surface area contributed by atoms with Crippen LogP contribution in [0.2, 0.25) is 0 Å². The molecule has 0 spiro atoms. The first-order valence-electron chi connectivity index (χ1n) is 13.0. The summed E-state index contributed by atoms with van der Waals surface area (Å²) in [6, 6.07) is -1.60. The fraction of sp³-hybridized carbons (Fsp3) is 0.875. The van der Waals surface area contributed by atoms with Gasteiger partial charge >= 0.3 is 0 Å². The van der Waals surface area contributed by atoms with Gasteiger partial charge in [0.1, 0.15) is 6.17 Å². The highest BCUT2D eigenvalue weighted by atomic mass is 19.1. The number of nitrogens with two attached hydrogens (primary N) is 2. The molecular formula is C24H43F2N7O2. The molecule has 0 radical (unpaired) electrons. The minimum absolute atomic E-state index is 0.289. The molecule has 0 bridgehead atoms. The van der Waals surface area contributed by atoms with Gasteiger partial charge < -0.3 is 21.5 Å². The Bertz CT molecular complexity index is 712. The number of carbonyl (C=O) groups is 1. The lowest BCUT2D eigenvalue weighted by molar-refractivity contribution is -0.127. The number of morpholine rings is 1. The minimum atomic E-state index is -1.28. The van der Waals surface area contributed by atoms with Crippen LogP contribution in [0.5, 0.6) is 0 Å². The molecule has 5 N–H and O–H groups in total. The second-order valence-corrected chi connectivity index (χ2v) is 10.0. The van der Waals surface area contributed by atoms with Gasteiger partial charge in [-0.1, -0.05) is 6.92 Å². The number of halogens is 2. The zero-order chi connectivity index (χ0) is 25.4. The molecule has 0 aromatic carbocycles. The summed E-state index contributed by atoms with van der Waals surface area (Å²) in [7, 11) is 0. The molecule has 3 aliphatic heterocycles. The predicted octanol–water partition coefficient (Wildman–Crippen LogP) is 0.374. The smallest absolute Gasteiger partial charge is 0.228 e. The van der Waals surface area contributed by atoms with E-state index < -0.39 is 48.5 Å². The maximum Gasteiger partial charge on any atom is 0.228 e. The first-order valence-corrected chi connectivity index (χ1v) is 13.0. The molecule has 0 aromatic heterocycles. The van der Waals surface area contributed by atoms with E-state index in [0.29, 0.717) is 12.3 Å². The van der Waals surface area contributed by atoms with Gasteiger partial charge in [-0.15, -0.1) is 0 Å². The Hall–Kier alpha value is -1.53. The Balaban J connectivity index is 1.60. The van der Waals surface area contributed by atoms with Crippen LogP contribution in [-0.2, 0) is 9.53 Å². The summed E-state index contributed by atoms with van der Waals surface area (Å²) in [6.07, 6.45) is 1.37. The van der Waals surface area contributed by atoms with E-state index in [-0.39, 0.29) is 6.54 Å². The van der Waals surface area contributed by atoms with E-state index in [0.717, 1.165) is 58.8 Å². The molecular weight excluding hydrogens is 456 g/mol. The van der Waals surface area contributed by atoms with Crippen molar-refractivity contribution < 1.29 is 18.3 Å². The number of piperidine rings is 1. The third-order valence-electron chi connectivity index (χ3n) is 7.42. The lowest BCUT2D eigenvalue weighted by Crippen LogP contribution is -2.63. The van der Waals surface area contributed by atoms with Gasteiger partial charge in [-0.25, -0.2) is 8.78 Å². The van der Waals surface area contributed by atoms with Gasteiger partial charge in [0.25, 0.3) is 0 Å². The average Bonchev–Trinajstić information content (AvgIpc) is 2.84. The minimum Gasteiger partial charge on any atom is -0.379 e. The lowest BCUT2D eigenvalue weighted by atomic mass is 9.90. The maximum absolute atomic E-state index is 15.1. The largest absolute Gasteiger partial charge is 0.379 e. The standard InChI is InChI=1S/C24H43F2N7O2/c1-3-18(25)12-30-16(2)21(23(27)28)24(34)31-20-14-29-13-19(26)22(20)33-6-4-17(5-7-33)15-32-8-10-35-11-9-32/h12-13,16-23H,3-11,14-15,27-28H2,1-2H3,(H,31,34). The molecule has 200 valence electrons. The normalized spacial score (nSPS) is 30.0. The van der Waals surface area contributed by atoms with Gasteiger partial charge in [0.05, 0.1) is 50.0 Å². The van der Waals surface area contributed by atoms with Gasteiger partial charge in [0.15, 0.2) is 6.17 Å². The lowest BCUT2D eigenvalue weighted by Gasteiger charge is -2.44. The van der Waals surface area contributed by atoms with Crippen LogP contribution in [0.15, 0.2) is 9.98 Å². The molecule has 11 heteroatoms. The van der Waals surface area contributed by atoms with Gasteiger partial charge in [-0.05, 0) is 45.2 Å². The highest BCUT2D eigenvalue weighted by Crippen LogP contribution is 2.25. The van der Waals surface area contributed by atoms with Crippen molar-refractivity contribution in [1.82, 2.24) is 15.1 Å². The van der Waals surface area contributed by atoms with Crippen LogP contribution in [0, 0.1) is 11.8 Å². The average molecular weight is 500 g/mol. The Kier molecular flexibility index (Phi) is 11.0. The van der Waals surface area contributed by atoms with Crippen molar-refractivity contribution in [1.29, 1.82) is 0 Å². The van der Waals surface area contributed by atoms with Crippen molar-refractivity contribution >= 4 is 18.3 Å². The fourth-order valence-electron chi connectivity index (χ4n) is 5.28. The number of hydrogen-bond acceptors (Lipinski definition) is 8. The van der Waals surface area contributed by atoms with E-state index >= 15 is 4.39 Å². The molecule has 3 aliphatic rings. The van der Waals surface area contributed by atoms with Crippen LogP contribution >= 0.6 is 0 Å². The summed E-state index contributed by atoms with van der Waals surface area (Å²) in [5.74, 6) is -0.689. The molecule has 0 aliphatic carbocycles. The van der Waals surface area contributed by atoms with Gasteiger partial charge in [0, 0.05) is 32.1 Å². The van der Waals surface area contributed by atoms with E-state index in [1.807, 2.05) is 0 Å². The number of carbonyl (C=O) groups excluding carboxylic acids is 1. The number of nitrogens with one attached hydrogen (secondary N) is 1. The second-order valence-electron chi connectivity index (χ2n) is 10.0. The Morgan fingerprint density at radius 3 is 2.60 bits per heavy atom. The van der Waals surface area contributed by atoms with E-state index in [2.05, 4.69) is 25.1 Å². The summed E-state index contributed by atoms with van der Waals surface area (Å²) < 4.78 is 34.1. The van der Waals surface area contributed by atoms with Crippen molar-refractivity contribution in [2.24, 2.45) is 33.3 Å². The second kappa shape index (κ2) is 13.7. The number of nitrogens with zero attached hydrogens (tertiary/aromatic N) is 4. The Labute approximate surface area is 207 Å². The van der Waals surface area contributed by atoms with E-state index in [4.69, 9.17) is 16.2 Å². The molecule has 3 heterocycles. The van der Waals surface area contributed by atoms with Gasteiger partial charge in [0.2, 0.25) is 5.91 Å². The molecule has 0 saturated carbocycles. The van der Waals surface area contributed by atoms with Gasteiger partial charge in [-0.3, -0.25) is 24.6 Å². The van der Waals surface area contributed by atoms with Crippen LogP contribution in [0.4, 0.5) is 8.78 Å². The number of amides is 1. The summed E-state index contributed by atoms with van der Waals surface area (Å²) in [4.78, 5) is 26.1. The SMILES string of the molecule is CCC(F)C=NC(C)C(C(=O)NC1CN=CC(F)C1N1CCC(CN2CCOCC2)CC1)C(N)N. The molecule has 6 atom stereocenters. The monoisotopic (exact) mass is 499 g/mol. The Morgan fingerprint density at radius 1 is 1.29 bits per heavy atom.